The summed E-state index contributed by atoms with van der Waals surface area (Å²) in [5, 5.41) is 9.69. The van der Waals surface area contributed by atoms with Gasteiger partial charge in [-0.3, -0.25) is 9.63 Å². The smallest absolute Gasteiger partial charge is 0.237 e. The highest BCUT2D eigenvalue weighted by atomic mass is 16.6. The van der Waals surface area contributed by atoms with E-state index in [9.17, 15) is 4.79 Å². The Morgan fingerprint density at radius 1 is 1.13 bits per heavy atom. The average Bonchev–Trinajstić information content (AvgIpc) is 3.09. The molecule has 6 nitrogen and oxygen atoms in total. The first kappa shape index (κ1) is 16.4. The van der Waals surface area contributed by atoms with E-state index in [0.29, 0.717) is 6.61 Å². The van der Waals surface area contributed by atoms with Gasteiger partial charge in [0.25, 0.3) is 0 Å². The fourth-order valence-corrected chi connectivity index (χ4v) is 3.08. The second-order valence-electron chi connectivity index (χ2n) is 6.33. The molecule has 6 heteroatoms. The van der Waals surface area contributed by atoms with Crippen LogP contribution in [0.2, 0.25) is 0 Å². The van der Waals surface area contributed by atoms with Crippen molar-refractivity contribution < 1.29 is 9.63 Å². The topological polar surface area (TPSA) is 74.4 Å². The predicted molar refractivity (Wildman–Crippen MR) is 88.6 cm³/mol. The summed E-state index contributed by atoms with van der Waals surface area (Å²) in [4.78, 5) is 17.8. The van der Waals surface area contributed by atoms with Crippen LogP contribution in [0, 0.1) is 0 Å². The molecule has 0 bridgehead atoms. The Morgan fingerprint density at radius 3 is 2.70 bits per heavy atom. The number of carbonyl (C=O) groups excluding carboxylic acids is 1. The summed E-state index contributed by atoms with van der Waals surface area (Å²) in [5.41, 5.74) is 4.24. The van der Waals surface area contributed by atoms with E-state index >= 15 is 0 Å². The summed E-state index contributed by atoms with van der Waals surface area (Å²) in [5.74, 6) is 0.127. The van der Waals surface area contributed by atoms with E-state index in [-0.39, 0.29) is 24.0 Å². The molecule has 2 aliphatic rings. The number of hydrogen-bond donors (Lipinski definition) is 4. The van der Waals surface area contributed by atoms with Crippen LogP contribution in [0.3, 0.4) is 0 Å². The number of hydrogen-bond acceptors (Lipinski definition) is 5. The standard InChI is InChI=1S/C17H26N4O2/c22-17(20-14-8-9-18-10-14)16-7-6-15(11-19-16)21-23-12-13-4-2-1-3-5-13/h1-5,14-16,18-19,21H,6-12H2,(H,20,22)/t14?,15-,16?/m0/s1. The molecule has 1 amide bonds. The molecule has 0 aliphatic carbocycles. The SMILES string of the molecule is O=C(NC1CCNC1)C1CC[C@H](NOCc2ccccc2)CN1. The highest BCUT2D eigenvalue weighted by Crippen LogP contribution is 2.10. The molecule has 126 valence electrons. The van der Waals surface area contributed by atoms with E-state index in [4.69, 9.17) is 4.84 Å². The van der Waals surface area contributed by atoms with Crippen LogP contribution in [0.4, 0.5) is 0 Å². The summed E-state index contributed by atoms with van der Waals surface area (Å²) in [6.07, 6.45) is 2.79. The van der Waals surface area contributed by atoms with Gasteiger partial charge in [-0.05, 0) is 31.4 Å². The van der Waals surface area contributed by atoms with Crippen molar-refractivity contribution in [2.45, 2.75) is 44.0 Å². The van der Waals surface area contributed by atoms with Crippen molar-refractivity contribution in [1.82, 2.24) is 21.4 Å². The molecule has 4 N–H and O–H groups in total. The van der Waals surface area contributed by atoms with Crippen LogP contribution in [-0.4, -0.2) is 43.7 Å². The molecule has 2 unspecified atom stereocenters. The number of hydroxylamine groups is 1. The molecule has 0 radical (unpaired) electrons. The zero-order valence-corrected chi connectivity index (χ0v) is 13.4. The number of amides is 1. The zero-order valence-electron chi connectivity index (χ0n) is 13.4. The Labute approximate surface area is 137 Å². The molecule has 1 aromatic carbocycles. The second-order valence-corrected chi connectivity index (χ2v) is 6.33. The van der Waals surface area contributed by atoms with Crippen molar-refractivity contribution in [1.29, 1.82) is 0 Å². The lowest BCUT2D eigenvalue weighted by Gasteiger charge is -2.30. The van der Waals surface area contributed by atoms with E-state index in [0.717, 1.165) is 44.5 Å². The third-order valence-electron chi connectivity index (χ3n) is 4.47. The molecular formula is C17H26N4O2. The van der Waals surface area contributed by atoms with Gasteiger partial charge in [-0.1, -0.05) is 30.3 Å². The van der Waals surface area contributed by atoms with Gasteiger partial charge in [-0.2, -0.15) is 5.48 Å². The minimum Gasteiger partial charge on any atom is -0.351 e. The monoisotopic (exact) mass is 318 g/mol. The quantitative estimate of drug-likeness (QED) is 0.568. The molecule has 0 spiro atoms. The second kappa shape index (κ2) is 8.40. The van der Waals surface area contributed by atoms with E-state index < -0.39 is 0 Å². The number of benzene rings is 1. The Balaban J connectivity index is 1.32. The van der Waals surface area contributed by atoms with Crippen LogP contribution in [0.15, 0.2) is 30.3 Å². The van der Waals surface area contributed by atoms with Crippen molar-refractivity contribution in [3.8, 4) is 0 Å². The van der Waals surface area contributed by atoms with Gasteiger partial charge in [0.15, 0.2) is 0 Å². The van der Waals surface area contributed by atoms with E-state index in [1.165, 1.54) is 0 Å². The molecule has 2 aliphatic heterocycles. The molecule has 3 rings (SSSR count). The maximum atomic E-state index is 12.2. The third-order valence-corrected chi connectivity index (χ3v) is 4.47. The summed E-state index contributed by atoms with van der Waals surface area (Å²) in [6.45, 7) is 3.18. The third kappa shape index (κ3) is 5.00. The van der Waals surface area contributed by atoms with Crippen LogP contribution < -0.4 is 21.4 Å². The maximum Gasteiger partial charge on any atom is 0.237 e. The fourth-order valence-electron chi connectivity index (χ4n) is 3.08. The lowest BCUT2D eigenvalue weighted by atomic mass is 10.0. The Hall–Kier alpha value is -1.47. The van der Waals surface area contributed by atoms with Crippen molar-refractivity contribution in [2.24, 2.45) is 0 Å². The minimum atomic E-state index is -0.0808. The molecule has 3 atom stereocenters. The van der Waals surface area contributed by atoms with Crippen LogP contribution in [0.1, 0.15) is 24.8 Å². The number of rotatable bonds is 6. The van der Waals surface area contributed by atoms with Gasteiger partial charge < -0.3 is 16.0 Å². The number of nitrogens with one attached hydrogen (secondary N) is 4. The predicted octanol–water partition coefficient (Wildman–Crippen LogP) is 0.307. The lowest BCUT2D eigenvalue weighted by Crippen LogP contribution is -2.55. The van der Waals surface area contributed by atoms with E-state index in [2.05, 4.69) is 21.4 Å². The zero-order chi connectivity index (χ0) is 15.9. The maximum absolute atomic E-state index is 12.2. The normalized spacial score (nSPS) is 27.7. The molecule has 0 saturated carbocycles. The minimum absolute atomic E-state index is 0.0808. The number of piperidine rings is 1. The van der Waals surface area contributed by atoms with E-state index in [1.54, 1.807) is 0 Å². The fraction of sp³-hybridized carbons (Fsp3) is 0.588. The Morgan fingerprint density at radius 2 is 2.00 bits per heavy atom. The van der Waals surface area contributed by atoms with Crippen LogP contribution in [0.25, 0.3) is 0 Å². The van der Waals surface area contributed by atoms with Crippen LogP contribution >= 0.6 is 0 Å². The first-order valence-electron chi connectivity index (χ1n) is 8.47. The van der Waals surface area contributed by atoms with Crippen molar-refractivity contribution in [2.75, 3.05) is 19.6 Å². The van der Waals surface area contributed by atoms with Gasteiger partial charge in [-0.15, -0.1) is 0 Å². The Bertz CT molecular complexity index is 483. The van der Waals surface area contributed by atoms with Gasteiger partial charge >= 0.3 is 0 Å². The number of carbonyl (C=O) groups is 1. The van der Waals surface area contributed by atoms with E-state index in [1.807, 2.05) is 30.3 Å². The van der Waals surface area contributed by atoms with Gasteiger partial charge in [0.1, 0.15) is 0 Å². The Kier molecular flexibility index (Phi) is 5.99. The summed E-state index contributed by atoms with van der Waals surface area (Å²) in [7, 11) is 0. The molecule has 2 fully saturated rings. The summed E-state index contributed by atoms with van der Waals surface area (Å²) >= 11 is 0. The summed E-state index contributed by atoms with van der Waals surface area (Å²) < 4.78 is 0. The van der Waals surface area contributed by atoms with Crippen molar-refractivity contribution >= 4 is 5.91 Å². The first-order chi connectivity index (χ1) is 11.3. The first-order valence-corrected chi connectivity index (χ1v) is 8.47. The largest absolute Gasteiger partial charge is 0.351 e. The molecule has 1 aromatic rings. The molecule has 0 aromatic heterocycles. The highest BCUT2D eigenvalue weighted by molar-refractivity contribution is 5.82. The molecule has 2 saturated heterocycles. The van der Waals surface area contributed by atoms with Crippen molar-refractivity contribution in [3.63, 3.8) is 0 Å². The molecule has 2 heterocycles. The van der Waals surface area contributed by atoms with Crippen LogP contribution in [0.5, 0.6) is 0 Å². The summed E-state index contributed by atoms with van der Waals surface area (Å²) in [6, 6.07) is 10.5. The van der Waals surface area contributed by atoms with Gasteiger partial charge in [0.2, 0.25) is 5.91 Å². The van der Waals surface area contributed by atoms with Crippen molar-refractivity contribution in [3.05, 3.63) is 35.9 Å². The van der Waals surface area contributed by atoms with Gasteiger partial charge in [-0.25, -0.2) is 0 Å². The average molecular weight is 318 g/mol. The van der Waals surface area contributed by atoms with Crippen LogP contribution in [-0.2, 0) is 16.2 Å². The van der Waals surface area contributed by atoms with Gasteiger partial charge in [0.05, 0.1) is 12.6 Å². The van der Waals surface area contributed by atoms with Gasteiger partial charge in [0, 0.05) is 25.2 Å². The molecule has 23 heavy (non-hydrogen) atoms. The molecular weight excluding hydrogens is 292 g/mol. The lowest BCUT2D eigenvalue weighted by molar-refractivity contribution is -0.124. The highest BCUT2D eigenvalue weighted by Gasteiger charge is 2.27.